The van der Waals surface area contributed by atoms with Crippen molar-refractivity contribution >= 4 is 64.0 Å². The second kappa shape index (κ2) is 11.6. The first-order chi connectivity index (χ1) is 14.3. The number of hydrogen-bond acceptors (Lipinski definition) is 5. The summed E-state index contributed by atoms with van der Waals surface area (Å²) in [5.41, 5.74) is 6.09. The first kappa shape index (κ1) is 24.5. The second-order valence-corrected chi connectivity index (χ2v) is 9.41. The van der Waals surface area contributed by atoms with E-state index < -0.39 is 23.8 Å². The fourth-order valence-electron chi connectivity index (χ4n) is 2.66. The summed E-state index contributed by atoms with van der Waals surface area (Å²) in [7, 11) is 0. The van der Waals surface area contributed by atoms with Crippen molar-refractivity contribution in [3.05, 3.63) is 55.2 Å². The summed E-state index contributed by atoms with van der Waals surface area (Å²) in [5.74, 6) is -0.762. The van der Waals surface area contributed by atoms with Crippen molar-refractivity contribution in [1.29, 1.82) is 0 Å². The van der Waals surface area contributed by atoms with Crippen molar-refractivity contribution in [2.75, 3.05) is 12.0 Å². The summed E-state index contributed by atoms with van der Waals surface area (Å²) in [4.78, 5) is 39.2. The van der Waals surface area contributed by atoms with Gasteiger partial charge in [0.25, 0.3) is 17.7 Å². The van der Waals surface area contributed by atoms with Gasteiger partial charge in [0.15, 0.2) is 0 Å². The molecular weight excluding hydrogens is 465 g/mol. The molecule has 0 aliphatic heterocycles. The number of amides is 3. The summed E-state index contributed by atoms with van der Waals surface area (Å²) < 4.78 is 0. The Bertz CT molecular complexity index is 934. The van der Waals surface area contributed by atoms with Gasteiger partial charge in [-0.25, -0.2) is 0 Å². The molecule has 1 aromatic heterocycles. The summed E-state index contributed by atoms with van der Waals surface area (Å²) >= 11 is 14.9. The number of halogens is 2. The van der Waals surface area contributed by atoms with Crippen LogP contribution in [-0.4, -0.2) is 35.8 Å². The van der Waals surface area contributed by atoms with Crippen LogP contribution in [0.5, 0.6) is 0 Å². The van der Waals surface area contributed by atoms with Gasteiger partial charge >= 0.3 is 0 Å². The molecule has 0 radical (unpaired) electrons. The fourth-order valence-corrected chi connectivity index (χ4v) is 4.64. The van der Waals surface area contributed by atoms with Crippen LogP contribution < -0.4 is 16.2 Å². The van der Waals surface area contributed by atoms with Gasteiger partial charge in [0.05, 0.1) is 15.5 Å². The van der Waals surface area contributed by atoms with Gasteiger partial charge in [0, 0.05) is 9.90 Å². The predicted octanol–water partition coefficient (Wildman–Crippen LogP) is 4.24. The number of rotatable bonds is 8. The minimum atomic E-state index is -0.840. The van der Waals surface area contributed by atoms with Crippen LogP contribution >= 0.6 is 46.3 Å². The monoisotopic (exact) mass is 487 g/mol. The van der Waals surface area contributed by atoms with Crippen LogP contribution in [0.15, 0.2) is 24.3 Å². The summed E-state index contributed by atoms with van der Waals surface area (Å²) in [6, 6.07) is 5.46. The maximum atomic E-state index is 12.6. The molecule has 1 atom stereocenters. The third kappa shape index (κ3) is 6.63. The van der Waals surface area contributed by atoms with Gasteiger partial charge in [-0.05, 0) is 61.6 Å². The average molecular weight is 488 g/mol. The number of aryl methyl sites for hydroxylation is 2. The highest BCUT2D eigenvalue weighted by Crippen LogP contribution is 2.22. The van der Waals surface area contributed by atoms with Gasteiger partial charge in [-0.3, -0.25) is 25.2 Å². The van der Waals surface area contributed by atoms with E-state index in [0.29, 0.717) is 22.1 Å². The Kier molecular flexibility index (Phi) is 9.48. The molecule has 0 spiro atoms. The second-order valence-electron chi connectivity index (χ2n) is 6.45. The zero-order valence-corrected chi connectivity index (χ0v) is 20.0. The molecule has 0 aliphatic carbocycles. The Balaban J connectivity index is 2.03. The van der Waals surface area contributed by atoms with Crippen LogP contribution in [0.4, 0.5) is 0 Å². The lowest BCUT2D eigenvalue weighted by atomic mass is 10.1. The Morgan fingerprint density at radius 3 is 2.47 bits per heavy atom. The Morgan fingerprint density at radius 2 is 1.87 bits per heavy atom. The van der Waals surface area contributed by atoms with Crippen LogP contribution in [0, 0.1) is 6.92 Å². The number of carbonyl (C=O) groups excluding carboxylic acids is 3. The molecule has 2 rings (SSSR count). The van der Waals surface area contributed by atoms with Crippen molar-refractivity contribution in [2.24, 2.45) is 0 Å². The Hall–Kier alpha value is -1.74. The summed E-state index contributed by atoms with van der Waals surface area (Å²) in [6.45, 7) is 3.97. The van der Waals surface area contributed by atoms with E-state index in [1.54, 1.807) is 23.9 Å². The molecule has 0 bridgehead atoms. The molecule has 2 aromatic rings. The van der Waals surface area contributed by atoms with Gasteiger partial charge in [-0.2, -0.15) is 11.8 Å². The van der Waals surface area contributed by atoms with Crippen molar-refractivity contribution in [1.82, 2.24) is 16.2 Å². The van der Waals surface area contributed by atoms with Crippen LogP contribution in [0.2, 0.25) is 10.0 Å². The highest BCUT2D eigenvalue weighted by Gasteiger charge is 2.23. The fraction of sp³-hybridized carbons (Fsp3) is 0.350. The van der Waals surface area contributed by atoms with E-state index in [1.807, 2.05) is 20.1 Å². The number of nitrogens with one attached hydrogen (secondary N) is 3. The Labute approximate surface area is 194 Å². The van der Waals surface area contributed by atoms with Crippen molar-refractivity contribution in [3.63, 3.8) is 0 Å². The molecule has 10 heteroatoms. The number of hydrogen-bond donors (Lipinski definition) is 3. The molecule has 3 amide bonds. The smallest absolute Gasteiger partial charge is 0.279 e. The minimum absolute atomic E-state index is 0.192. The third-order valence-corrected chi connectivity index (χ3v) is 6.84. The van der Waals surface area contributed by atoms with Crippen molar-refractivity contribution in [3.8, 4) is 0 Å². The molecule has 1 unspecified atom stereocenters. The molecule has 0 fully saturated rings. The number of carbonyl (C=O) groups is 3. The third-order valence-electron chi connectivity index (χ3n) is 4.27. The quantitative estimate of drug-likeness (QED) is 0.485. The maximum Gasteiger partial charge on any atom is 0.279 e. The normalized spacial score (nSPS) is 11.6. The number of thiophene rings is 1. The SMILES string of the molecule is CCc1sc(C(=O)NNC(=O)C(CCSC)NC(=O)c2ccc(Cl)cc2Cl)cc1C. The molecule has 6 nitrogen and oxygen atoms in total. The lowest BCUT2D eigenvalue weighted by Gasteiger charge is -2.18. The first-order valence-corrected chi connectivity index (χ1v) is 12.2. The van der Waals surface area contributed by atoms with Crippen molar-refractivity contribution in [2.45, 2.75) is 32.7 Å². The van der Waals surface area contributed by atoms with E-state index in [4.69, 9.17) is 23.2 Å². The number of hydrazine groups is 1. The molecular formula is C20H23Cl2N3O3S2. The lowest BCUT2D eigenvalue weighted by Crippen LogP contribution is -2.52. The van der Waals surface area contributed by atoms with Crippen LogP contribution in [0.25, 0.3) is 0 Å². The molecule has 0 saturated carbocycles. The van der Waals surface area contributed by atoms with E-state index in [9.17, 15) is 14.4 Å². The zero-order chi connectivity index (χ0) is 22.3. The highest BCUT2D eigenvalue weighted by molar-refractivity contribution is 7.98. The molecule has 0 aliphatic rings. The zero-order valence-electron chi connectivity index (χ0n) is 16.8. The highest BCUT2D eigenvalue weighted by atomic mass is 35.5. The Morgan fingerprint density at radius 1 is 1.13 bits per heavy atom. The van der Waals surface area contributed by atoms with Gasteiger partial charge in [0.1, 0.15) is 6.04 Å². The van der Waals surface area contributed by atoms with E-state index in [0.717, 1.165) is 16.9 Å². The van der Waals surface area contributed by atoms with Crippen LogP contribution in [-0.2, 0) is 11.2 Å². The van der Waals surface area contributed by atoms with Gasteiger partial charge in [-0.1, -0.05) is 30.1 Å². The average Bonchev–Trinajstić information content (AvgIpc) is 3.09. The van der Waals surface area contributed by atoms with Gasteiger partial charge in [-0.15, -0.1) is 11.3 Å². The van der Waals surface area contributed by atoms with Crippen LogP contribution in [0.3, 0.4) is 0 Å². The van der Waals surface area contributed by atoms with Crippen LogP contribution in [0.1, 0.15) is 43.8 Å². The standard InChI is InChI=1S/C20H23Cl2N3O3S2/c1-4-16-11(2)9-17(30-16)20(28)25-24-19(27)15(7-8-29-3)23-18(26)13-6-5-12(21)10-14(13)22/h5-6,9-10,15H,4,7-8H2,1-3H3,(H,23,26)(H,24,27)(H,25,28). The number of thioether (sulfide) groups is 1. The maximum absolute atomic E-state index is 12.6. The first-order valence-electron chi connectivity index (χ1n) is 9.21. The molecule has 1 aromatic carbocycles. The largest absolute Gasteiger partial charge is 0.340 e. The van der Waals surface area contributed by atoms with Gasteiger partial charge in [0.2, 0.25) is 0 Å². The van der Waals surface area contributed by atoms with Crippen molar-refractivity contribution < 1.29 is 14.4 Å². The minimum Gasteiger partial charge on any atom is -0.340 e. The lowest BCUT2D eigenvalue weighted by molar-refractivity contribution is -0.123. The van der Waals surface area contributed by atoms with E-state index in [2.05, 4.69) is 16.2 Å². The molecule has 1 heterocycles. The predicted molar refractivity (Wildman–Crippen MR) is 125 cm³/mol. The summed E-state index contributed by atoms with van der Waals surface area (Å²) in [5, 5.41) is 3.27. The van der Waals surface area contributed by atoms with E-state index in [-0.39, 0.29) is 10.6 Å². The topological polar surface area (TPSA) is 87.3 Å². The van der Waals surface area contributed by atoms with E-state index >= 15 is 0 Å². The summed E-state index contributed by atoms with van der Waals surface area (Å²) in [6.07, 6.45) is 3.13. The number of benzene rings is 1. The molecule has 3 N–H and O–H groups in total. The van der Waals surface area contributed by atoms with E-state index in [1.165, 1.54) is 23.5 Å². The molecule has 0 saturated heterocycles. The van der Waals surface area contributed by atoms with Gasteiger partial charge < -0.3 is 5.32 Å². The molecule has 30 heavy (non-hydrogen) atoms. The molecule has 162 valence electrons.